The van der Waals surface area contributed by atoms with E-state index < -0.39 is 0 Å². The van der Waals surface area contributed by atoms with Gasteiger partial charge in [-0.3, -0.25) is 0 Å². The Labute approximate surface area is 117 Å². The molecule has 1 aliphatic rings. The van der Waals surface area contributed by atoms with Crippen molar-refractivity contribution in [2.24, 2.45) is 11.8 Å². The van der Waals surface area contributed by atoms with Crippen LogP contribution in [0.3, 0.4) is 0 Å². The van der Waals surface area contributed by atoms with Gasteiger partial charge in [0.25, 0.3) is 0 Å². The first kappa shape index (κ1) is 14.3. The summed E-state index contributed by atoms with van der Waals surface area (Å²) in [7, 11) is 0. The number of anilines is 1. The fraction of sp³-hybridized carbons (Fsp3) is 0.688. The summed E-state index contributed by atoms with van der Waals surface area (Å²) >= 11 is 0. The van der Waals surface area contributed by atoms with E-state index >= 15 is 0 Å². The molecule has 1 N–H and O–H groups in total. The van der Waals surface area contributed by atoms with E-state index in [2.05, 4.69) is 55.0 Å². The minimum absolute atomic E-state index is 0.519. The predicted octanol–water partition coefficient (Wildman–Crippen LogP) is 3.06. The van der Waals surface area contributed by atoms with E-state index in [-0.39, 0.29) is 0 Å². The molecule has 1 aliphatic heterocycles. The van der Waals surface area contributed by atoms with Gasteiger partial charge in [0.15, 0.2) is 0 Å². The summed E-state index contributed by atoms with van der Waals surface area (Å²) in [4.78, 5) is 7.04. The molecule has 0 saturated carbocycles. The van der Waals surface area contributed by atoms with Crippen LogP contribution in [-0.4, -0.2) is 24.1 Å². The molecule has 2 heterocycles. The van der Waals surface area contributed by atoms with Crippen molar-refractivity contribution < 1.29 is 0 Å². The zero-order valence-corrected chi connectivity index (χ0v) is 12.7. The molecular formula is C16H27N3. The lowest BCUT2D eigenvalue weighted by Gasteiger charge is -2.19. The van der Waals surface area contributed by atoms with E-state index in [1.54, 1.807) is 0 Å². The van der Waals surface area contributed by atoms with Crippen LogP contribution >= 0.6 is 0 Å². The third-order valence-corrected chi connectivity index (χ3v) is 4.02. The van der Waals surface area contributed by atoms with E-state index in [0.717, 1.165) is 37.3 Å². The summed E-state index contributed by atoms with van der Waals surface area (Å²) in [5, 5.41) is 3.42. The molecule has 19 heavy (non-hydrogen) atoms. The number of aromatic nitrogens is 1. The van der Waals surface area contributed by atoms with Crippen molar-refractivity contribution in [2.75, 3.05) is 18.0 Å². The molecule has 1 aromatic heterocycles. The second-order valence-electron chi connectivity index (χ2n) is 6.30. The van der Waals surface area contributed by atoms with Gasteiger partial charge in [-0.25, -0.2) is 4.98 Å². The highest BCUT2D eigenvalue weighted by Crippen LogP contribution is 2.26. The number of hydrogen-bond donors (Lipinski definition) is 1. The number of hydrogen-bond acceptors (Lipinski definition) is 3. The fourth-order valence-electron chi connectivity index (χ4n) is 2.57. The molecule has 2 rings (SSSR count). The maximum atomic E-state index is 4.62. The van der Waals surface area contributed by atoms with Gasteiger partial charge in [-0.05, 0) is 29.9 Å². The highest BCUT2D eigenvalue weighted by atomic mass is 15.2. The molecule has 0 aliphatic carbocycles. The first-order valence-electron chi connectivity index (χ1n) is 7.49. The Balaban J connectivity index is 1.92. The first-order valence-corrected chi connectivity index (χ1v) is 7.49. The average Bonchev–Trinajstić information content (AvgIpc) is 2.86. The average molecular weight is 261 g/mol. The standard InChI is InChI=1S/C16H27N3/c1-12(2)15-7-8-19(11-15)16-6-5-14(10-18-16)9-17-13(3)4/h5-6,10,12-13,15,17H,7-9,11H2,1-4H3. The summed E-state index contributed by atoms with van der Waals surface area (Å²) in [6, 6.07) is 4.88. The maximum Gasteiger partial charge on any atom is 0.128 e. The van der Waals surface area contributed by atoms with Crippen LogP contribution < -0.4 is 10.2 Å². The third-order valence-electron chi connectivity index (χ3n) is 4.02. The van der Waals surface area contributed by atoms with Crippen molar-refractivity contribution in [1.29, 1.82) is 0 Å². The Kier molecular flexibility index (Phi) is 4.81. The monoisotopic (exact) mass is 261 g/mol. The summed E-state index contributed by atoms with van der Waals surface area (Å²) in [6.45, 7) is 12.2. The second-order valence-corrected chi connectivity index (χ2v) is 6.30. The molecule has 1 unspecified atom stereocenters. The molecular weight excluding hydrogens is 234 g/mol. The molecule has 1 saturated heterocycles. The Hall–Kier alpha value is -1.09. The smallest absolute Gasteiger partial charge is 0.128 e. The van der Waals surface area contributed by atoms with Crippen LogP contribution in [0.5, 0.6) is 0 Å². The van der Waals surface area contributed by atoms with Crippen molar-refractivity contribution in [3.8, 4) is 0 Å². The van der Waals surface area contributed by atoms with Crippen molar-refractivity contribution in [3.05, 3.63) is 23.9 Å². The molecule has 0 aromatic carbocycles. The molecule has 1 fully saturated rings. The summed E-state index contributed by atoms with van der Waals surface area (Å²) < 4.78 is 0. The van der Waals surface area contributed by atoms with Crippen LogP contribution in [0.1, 0.15) is 39.7 Å². The number of pyridine rings is 1. The molecule has 0 amide bonds. The Bertz CT molecular complexity index is 383. The van der Waals surface area contributed by atoms with Crippen molar-refractivity contribution in [3.63, 3.8) is 0 Å². The fourth-order valence-corrected chi connectivity index (χ4v) is 2.57. The molecule has 1 atom stereocenters. The second kappa shape index (κ2) is 6.38. The lowest BCUT2D eigenvalue weighted by molar-refractivity contribution is 0.422. The van der Waals surface area contributed by atoms with Gasteiger partial charge in [-0.1, -0.05) is 33.8 Å². The van der Waals surface area contributed by atoms with E-state index in [0.29, 0.717) is 6.04 Å². The maximum absolute atomic E-state index is 4.62. The Morgan fingerprint density at radius 1 is 1.32 bits per heavy atom. The number of rotatable bonds is 5. The van der Waals surface area contributed by atoms with Gasteiger partial charge < -0.3 is 10.2 Å². The van der Waals surface area contributed by atoms with Gasteiger partial charge in [0.1, 0.15) is 5.82 Å². The van der Waals surface area contributed by atoms with Crippen LogP contribution in [0.2, 0.25) is 0 Å². The van der Waals surface area contributed by atoms with Gasteiger partial charge in [0.2, 0.25) is 0 Å². The summed E-state index contributed by atoms with van der Waals surface area (Å²) in [5.74, 6) is 2.74. The SMILES string of the molecule is CC(C)NCc1ccc(N2CCC(C(C)C)C2)nc1. The zero-order valence-electron chi connectivity index (χ0n) is 12.7. The van der Waals surface area contributed by atoms with Gasteiger partial charge in [-0.2, -0.15) is 0 Å². The lowest BCUT2D eigenvalue weighted by atomic mass is 9.95. The van der Waals surface area contributed by atoms with Gasteiger partial charge in [-0.15, -0.1) is 0 Å². The van der Waals surface area contributed by atoms with Crippen molar-refractivity contribution >= 4 is 5.82 Å². The third kappa shape index (κ3) is 3.93. The quantitative estimate of drug-likeness (QED) is 0.883. The van der Waals surface area contributed by atoms with E-state index in [9.17, 15) is 0 Å². The van der Waals surface area contributed by atoms with Crippen molar-refractivity contribution in [1.82, 2.24) is 10.3 Å². The van der Waals surface area contributed by atoms with Gasteiger partial charge in [0.05, 0.1) is 0 Å². The van der Waals surface area contributed by atoms with Crippen molar-refractivity contribution in [2.45, 2.75) is 46.7 Å². The largest absolute Gasteiger partial charge is 0.356 e. The van der Waals surface area contributed by atoms with E-state index in [1.165, 1.54) is 12.0 Å². The minimum atomic E-state index is 0.519. The van der Waals surface area contributed by atoms with Crippen LogP contribution in [0.25, 0.3) is 0 Å². The van der Waals surface area contributed by atoms with Gasteiger partial charge >= 0.3 is 0 Å². The number of nitrogens with zero attached hydrogens (tertiary/aromatic N) is 2. The Morgan fingerprint density at radius 3 is 2.63 bits per heavy atom. The molecule has 0 bridgehead atoms. The zero-order chi connectivity index (χ0) is 13.8. The van der Waals surface area contributed by atoms with E-state index in [4.69, 9.17) is 0 Å². The van der Waals surface area contributed by atoms with Crippen LogP contribution in [-0.2, 0) is 6.54 Å². The normalized spacial score (nSPS) is 19.7. The highest BCUT2D eigenvalue weighted by molar-refractivity contribution is 5.40. The highest BCUT2D eigenvalue weighted by Gasteiger charge is 2.25. The first-order chi connectivity index (χ1) is 9.06. The van der Waals surface area contributed by atoms with Gasteiger partial charge in [0, 0.05) is 31.9 Å². The van der Waals surface area contributed by atoms with E-state index in [1.807, 2.05) is 6.20 Å². The van der Waals surface area contributed by atoms with Crippen LogP contribution in [0.15, 0.2) is 18.3 Å². The lowest BCUT2D eigenvalue weighted by Crippen LogP contribution is -2.23. The minimum Gasteiger partial charge on any atom is -0.356 e. The molecule has 0 radical (unpaired) electrons. The molecule has 0 spiro atoms. The Morgan fingerprint density at radius 2 is 2.11 bits per heavy atom. The molecule has 3 nitrogen and oxygen atoms in total. The molecule has 106 valence electrons. The number of nitrogens with one attached hydrogen (secondary N) is 1. The predicted molar refractivity (Wildman–Crippen MR) is 81.4 cm³/mol. The van der Waals surface area contributed by atoms with Crippen LogP contribution in [0.4, 0.5) is 5.82 Å². The molecule has 1 aromatic rings. The summed E-state index contributed by atoms with van der Waals surface area (Å²) in [5.41, 5.74) is 1.26. The topological polar surface area (TPSA) is 28.2 Å². The van der Waals surface area contributed by atoms with Crippen LogP contribution in [0, 0.1) is 11.8 Å². The molecule has 3 heteroatoms. The summed E-state index contributed by atoms with van der Waals surface area (Å²) in [6.07, 6.45) is 3.31.